The van der Waals surface area contributed by atoms with Crippen LogP contribution in [0.2, 0.25) is 0 Å². The maximum Gasteiger partial charge on any atom is 0.252 e. The lowest BCUT2D eigenvalue weighted by Gasteiger charge is -2.11. The van der Waals surface area contributed by atoms with Gasteiger partial charge in [-0.25, -0.2) is 18.1 Å². The third kappa shape index (κ3) is 5.10. The summed E-state index contributed by atoms with van der Waals surface area (Å²) in [5.74, 6) is -0.170. The van der Waals surface area contributed by atoms with Gasteiger partial charge in [-0.3, -0.25) is 4.79 Å². The number of nitrogens with zero attached hydrogens (tertiary/aromatic N) is 1. The smallest absolute Gasteiger partial charge is 0.252 e. The fourth-order valence-electron chi connectivity index (χ4n) is 3.60. The summed E-state index contributed by atoms with van der Waals surface area (Å²) in [4.78, 5) is 18.0. The minimum absolute atomic E-state index is 0.170. The molecule has 0 atom stereocenters. The molecule has 0 bridgehead atoms. The molecule has 1 aromatic heterocycles. The number of pyridine rings is 1. The molecule has 0 aliphatic heterocycles. The molecule has 0 spiro atoms. The summed E-state index contributed by atoms with van der Waals surface area (Å²) >= 11 is 0. The molecule has 1 heterocycles. The van der Waals surface area contributed by atoms with Gasteiger partial charge >= 0.3 is 0 Å². The van der Waals surface area contributed by atoms with Gasteiger partial charge in [0.2, 0.25) is 10.0 Å². The van der Waals surface area contributed by atoms with Crippen molar-refractivity contribution < 1.29 is 13.2 Å². The molecular formula is C26H25N3O3S. The van der Waals surface area contributed by atoms with Gasteiger partial charge in [0.15, 0.2) is 0 Å². The highest BCUT2D eigenvalue weighted by atomic mass is 32.2. The normalized spacial score (nSPS) is 11.5. The first-order valence-corrected chi connectivity index (χ1v) is 12.1. The zero-order valence-electron chi connectivity index (χ0n) is 18.5. The van der Waals surface area contributed by atoms with Gasteiger partial charge in [-0.15, -0.1) is 0 Å². The van der Waals surface area contributed by atoms with Crippen LogP contribution in [0.3, 0.4) is 0 Å². The molecular weight excluding hydrogens is 434 g/mol. The van der Waals surface area contributed by atoms with Crippen LogP contribution in [-0.2, 0) is 16.4 Å². The highest BCUT2D eigenvalue weighted by Gasteiger charge is 2.14. The van der Waals surface area contributed by atoms with Crippen molar-refractivity contribution in [2.45, 2.75) is 18.2 Å². The summed E-state index contributed by atoms with van der Waals surface area (Å²) in [5.41, 5.74) is 5.14. The number of fused-ring (bicyclic) bond motifs is 1. The molecule has 0 fully saturated rings. The van der Waals surface area contributed by atoms with E-state index in [0.717, 1.165) is 33.3 Å². The number of sulfonamides is 1. The zero-order chi connectivity index (χ0) is 23.4. The first-order valence-electron chi connectivity index (χ1n) is 10.6. The van der Waals surface area contributed by atoms with Gasteiger partial charge < -0.3 is 5.32 Å². The minimum Gasteiger partial charge on any atom is -0.352 e. The van der Waals surface area contributed by atoms with Gasteiger partial charge in [-0.1, -0.05) is 60.2 Å². The SMILES string of the molecule is CNS(=O)(=O)c1ccc(CCNC(=O)c2cc(-c3ccc(C)cc3)nc3ccccc23)cc1. The second kappa shape index (κ2) is 9.52. The third-order valence-electron chi connectivity index (χ3n) is 5.51. The number of hydrogen-bond donors (Lipinski definition) is 2. The van der Waals surface area contributed by atoms with Crippen molar-refractivity contribution in [2.75, 3.05) is 13.6 Å². The molecule has 0 aliphatic carbocycles. The molecule has 3 aromatic carbocycles. The van der Waals surface area contributed by atoms with Gasteiger partial charge in [0, 0.05) is 17.5 Å². The van der Waals surface area contributed by atoms with E-state index in [1.54, 1.807) is 24.3 Å². The first-order chi connectivity index (χ1) is 15.9. The number of para-hydroxylation sites is 1. The Morgan fingerprint density at radius 1 is 0.939 bits per heavy atom. The van der Waals surface area contributed by atoms with Gasteiger partial charge in [0.1, 0.15) is 0 Å². The fourth-order valence-corrected chi connectivity index (χ4v) is 4.33. The quantitative estimate of drug-likeness (QED) is 0.436. The van der Waals surface area contributed by atoms with Crippen LogP contribution < -0.4 is 10.0 Å². The Labute approximate surface area is 193 Å². The Hall–Kier alpha value is -3.55. The lowest BCUT2D eigenvalue weighted by Crippen LogP contribution is -2.26. The summed E-state index contributed by atoms with van der Waals surface area (Å²) in [7, 11) is -2.08. The number of carbonyl (C=O) groups excluding carboxylic acids is 1. The Morgan fingerprint density at radius 2 is 1.64 bits per heavy atom. The molecule has 0 unspecified atom stereocenters. The molecule has 0 radical (unpaired) electrons. The third-order valence-corrected chi connectivity index (χ3v) is 6.94. The second-order valence-electron chi connectivity index (χ2n) is 7.80. The van der Waals surface area contributed by atoms with Gasteiger partial charge in [0.25, 0.3) is 5.91 Å². The highest BCUT2D eigenvalue weighted by Crippen LogP contribution is 2.25. The van der Waals surface area contributed by atoms with Crippen molar-refractivity contribution in [1.29, 1.82) is 0 Å². The van der Waals surface area contributed by atoms with Gasteiger partial charge in [-0.2, -0.15) is 0 Å². The molecule has 33 heavy (non-hydrogen) atoms. The molecule has 6 nitrogen and oxygen atoms in total. The number of amides is 1. The monoisotopic (exact) mass is 459 g/mol. The average molecular weight is 460 g/mol. The molecule has 2 N–H and O–H groups in total. The summed E-state index contributed by atoms with van der Waals surface area (Å²) in [6.45, 7) is 2.46. The Bertz CT molecular complexity index is 1400. The van der Waals surface area contributed by atoms with Crippen LogP contribution in [0.4, 0.5) is 0 Å². The molecule has 0 saturated carbocycles. The molecule has 0 aliphatic rings. The summed E-state index contributed by atoms with van der Waals surface area (Å²) in [6.07, 6.45) is 0.583. The number of carbonyl (C=O) groups is 1. The highest BCUT2D eigenvalue weighted by molar-refractivity contribution is 7.89. The van der Waals surface area contributed by atoms with Crippen LogP contribution in [-0.4, -0.2) is 32.9 Å². The number of benzene rings is 3. The predicted molar refractivity (Wildman–Crippen MR) is 131 cm³/mol. The summed E-state index contributed by atoms with van der Waals surface area (Å²) in [5, 5.41) is 3.78. The minimum atomic E-state index is -3.46. The fraction of sp³-hybridized carbons (Fsp3) is 0.154. The molecule has 0 saturated heterocycles. The predicted octanol–water partition coefficient (Wildman–Crippen LogP) is 4.09. The van der Waals surface area contributed by atoms with Crippen molar-refractivity contribution in [3.8, 4) is 11.3 Å². The van der Waals surface area contributed by atoms with Crippen molar-refractivity contribution in [2.24, 2.45) is 0 Å². The second-order valence-corrected chi connectivity index (χ2v) is 9.68. The van der Waals surface area contributed by atoms with E-state index in [1.807, 2.05) is 61.5 Å². The van der Waals surface area contributed by atoms with Crippen molar-refractivity contribution >= 4 is 26.8 Å². The molecule has 4 rings (SSSR count). The summed E-state index contributed by atoms with van der Waals surface area (Å²) in [6, 6.07) is 24.2. The van der Waals surface area contributed by atoms with Crippen molar-refractivity contribution in [1.82, 2.24) is 15.0 Å². The Morgan fingerprint density at radius 3 is 2.33 bits per heavy atom. The van der Waals surface area contributed by atoms with E-state index < -0.39 is 10.0 Å². The van der Waals surface area contributed by atoms with E-state index in [0.29, 0.717) is 18.5 Å². The maximum atomic E-state index is 13.1. The van der Waals surface area contributed by atoms with E-state index in [-0.39, 0.29) is 10.8 Å². The van der Waals surface area contributed by atoms with Crippen molar-refractivity contribution in [3.63, 3.8) is 0 Å². The Kier molecular flexibility index (Phi) is 6.53. The standard InChI is InChI=1S/C26H25N3O3S/c1-18-7-11-20(12-8-18)25-17-23(22-5-3-4-6-24(22)29-25)26(30)28-16-15-19-9-13-21(14-10-19)33(31,32)27-2/h3-14,17,27H,15-16H2,1-2H3,(H,28,30). The van der Waals surface area contributed by atoms with Crippen LogP contribution in [0, 0.1) is 6.92 Å². The lowest BCUT2D eigenvalue weighted by atomic mass is 10.0. The van der Waals surface area contributed by atoms with Crippen LogP contribution in [0.15, 0.2) is 83.8 Å². The molecule has 168 valence electrons. The zero-order valence-corrected chi connectivity index (χ0v) is 19.3. The number of hydrogen-bond acceptors (Lipinski definition) is 4. The largest absolute Gasteiger partial charge is 0.352 e. The summed E-state index contributed by atoms with van der Waals surface area (Å²) < 4.78 is 26.0. The number of aromatic nitrogens is 1. The van der Waals surface area contributed by atoms with Crippen LogP contribution >= 0.6 is 0 Å². The van der Waals surface area contributed by atoms with E-state index >= 15 is 0 Å². The average Bonchev–Trinajstić information content (AvgIpc) is 2.84. The van der Waals surface area contributed by atoms with E-state index in [2.05, 4.69) is 10.0 Å². The molecule has 7 heteroatoms. The topological polar surface area (TPSA) is 88.2 Å². The van der Waals surface area contributed by atoms with Crippen LogP contribution in [0.1, 0.15) is 21.5 Å². The van der Waals surface area contributed by atoms with E-state index in [9.17, 15) is 13.2 Å². The lowest BCUT2D eigenvalue weighted by molar-refractivity contribution is 0.0955. The number of nitrogens with one attached hydrogen (secondary N) is 2. The first kappa shape index (κ1) is 22.6. The van der Waals surface area contributed by atoms with Crippen LogP contribution in [0.25, 0.3) is 22.2 Å². The number of rotatable bonds is 7. The van der Waals surface area contributed by atoms with Crippen molar-refractivity contribution in [3.05, 3.63) is 95.6 Å². The molecule has 1 amide bonds. The van der Waals surface area contributed by atoms with E-state index in [1.165, 1.54) is 7.05 Å². The maximum absolute atomic E-state index is 13.1. The van der Waals surface area contributed by atoms with Gasteiger partial charge in [-0.05, 0) is 50.2 Å². The van der Waals surface area contributed by atoms with E-state index in [4.69, 9.17) is 4.98 Å². The van der Waals surface area contributed by atoms with Gasteiger partial charge in [0.05, 0.1) is 21.7 Å². The van der Waals surface area contributed by atoms with Crippen LogP contribution in [0.5, 0.6) is 0 Å². The Balaban J connectivity index is 1.52. The molecule has 4 aromatic rings. The number of aryl methyl sites for hydroxylation is 1.